The van der Waals surface area contributed by atoms with Gasteiger partial charge in [-0.1, -0.05) is 44.2 Å². The van der Waals surface area contributed by atoms with Crippen LogP contribution < -0.4 is 4.90 Å². The molecule has 0 aromatic heterocycles. The summed E-state index contributed by atoms with van der Waals surface area (Å²) in [7, 11) is -15.5. The molecule has 20 heteroatoms. The fourth-order valence-corrected chi connectivity index (χ4v) is 9.89. The number of carboxylic acid groups (broad SMARTS) is 1. The third-order valence-corrected chi connectivity index (χ3v) is 14.4. The molecule has 4 N–H and O–H groups in total. The predicted molar refractivity (Wildman–Crippen MR) is 220 cm³/mol. The van der Waals surface area contributed by atoms with E-state index in [9.17, 15) is 52.1 Å². The van der Waals surface area contributed by atoms with Gasteiger partial charge in [-0.2, -0.15) is 29.8 Å². The fraction of sp³-hybridized carbons (Fsp3) is 0.421. The molecule has 0 saturated carbocycles. The highest BCUT2D eigenvalue weighted by Gasteiger charge is 2.45. The predicted octanol–water partition coefficient (Wildman–Crippen LogP) is 4.70. The Bertz CT molecular complexity index is 2540. The van der Waals surface area contributed by atoms with E-state index in [1.165, 1.54) is 25.2 Å². The third kappa shape index (κ3) is 11.2. The minimum Gasteiger partial charge on any atom is -0.481 e. The Morgan fingerprint density at radius 1 is 0.759 bits per heavy atom. The number of anilines is 1. The number of carboxylic acids is 1. The summed E-state index contributed by atoms with van der Waals surface area (Å²) >= 11 is 0. The van der Waals surface area contributed by atoms with Crippen LogP contribution in [-0.4, -0.2) is 111 Å². The van der Waals surface area contributed by atoms with Crippen LogP contribution in [0.1, 0.15) is 64.5 Å². The zero-order chi connectivity index (χ0) is 43.5. The van der Waals surface area contributed by atoms with Crippen LogP contribution in [0.3, 0.4) is 0 Å². The fourth-order valence-electron chi connectivity index (χ4n) is 7.16. The number of allylic oxidation sites excluding steroid dienone is 8. The maximum Gasteiger partial charge on any atom is 0.303 e. The van der Waals surface area contributed by atoms with Crippen LogP contribution in [0.15, 0.2) is 94.4 Å². The summed E-state index contributed by atoms with van der Waals surface area (Å²) in [6, 6.07) is 8.85. The maximum atomic E-state index is 13.5. The summed E-state index contributed by atoms with van der Waals surface area (Å²) in [4.78, 5) is 12.5. The van der Waals surface area contributed by atoms with Crippen molar-refractivity contribution in [1.82, 2.24) is 4.31 Å². The zero-order valence-electron chi connectivity index (χ0n) is 32.8. The van der Waals surface area contributed by atoms with Gasteiger partial charge in [-0.25, -0.2) is 12.7 Å². The lowest BCUT2D eigenvalue weighted by molar-refractivity contribution is -0.437. The first-order valence-electron chi connectivity index (χ1n) is 18.2. The Kier molecular flexibility index (Phi) is 14.2. The second-order valence-electron chi connectivity index (χ2n) is 15.1. The molecular weight excluding hydrogens is 835 g/mol. The van der Waals surface area contributed by atoms with Crippen molar-refractivity contribution in [1.29, 1.82) is 0 Å². The Balaban J connectivity index is 1.62. The minimum absolute atomic E-state index is 0.00742. The summed E-state index contributed by atoms with van der Waals surface area (Å²) in [5.74, 6) is -1.99. The van der Waals surface area contributed by atoms with Crippen LogP contribution in [0, 0.1) is 0 Å². The van der Waals surface area contributed by atoms with Gasteiger partial charge in [0.2, 0.25) is 15.7 Å². The highest BCUT2D eigenvalue weighted by molar-refractivity contribution is 7.89. The normalized spacial score (nSPS) is 17.7. The topological polar surface area (TPSA) is 244 Å². The molecule has 2 aliphatic rings. The van der Waals surface area contributed by atoms with Crippen molar-refractivity contribution >= 4 is 63.4 Å². The van der Waals surface area contributed by atoms with Crippen molar-refractivity contribution in [2.45, 2.75) is 74.0 Å². The summed E-state index contributed by atoms with van der Waals surface area (Å²) in [5, 5.41) is 8.96. The number of benzene rings is 2. The van der Waals surface area contributed by atoms with Crippen LogP contribution in [0.5, 0.6) is 0 Å². The Morgan fingerprint density at radius 3 is 1.97 bits per heavy atom. The molecule has 0 atom stereocenters. The van der Waals surface area contributed by atoms with Gasteiger partial charge in [-0.05, 0) is 68.7 Å². The highest BCUT2D eigenvalue weighted by atomic mass is 32.2. The van der Waals surface area contributed by atoms with E-state index < -0.39 is 68.7 Å². The van der Waals surface area contributed by atoms with Crippen LogP contribution in [-0.2, 0) is 56.0 Å². The summed E-state index contributed by atoms with van der Waals surface area (Å²) in [6.07, 6.45) is 12.5. The van der Waals surface area contributed by atoms with Crippen molar-refractivity contribution < 1.29 is 61.8 Å². The van der Waals surface area contributed by atoms with Crippen molar-refractivity contribution in [3.63, 3.8) is 0 Å². The zero-order valence-corrected chi connectivity index (χ0v) is 36.1. The average molecular weight is 885 g/mol. The molecule has 0 spiro atoms. The van der Waals surface area contributed by atoms with Crippen LogP contribution in [0.25, 0.3) is 0 Å². The summed E-state index contributed by atoms with van der Waals surface area (Å²) in [5.41, 5.74) is 2.45. The molecule has 0 fully saturated rings. The number of carbonyl (C=O) groups is 1. The van der Waals surface area contributed by atoms with E-state index in [1.807, 2.05) is 43.2 Å². The second kappa shape index (κ2) is 17.7. The molecular formula is C38H50N3O13S4+. The van der Waals surface area contributed by atoms with Crippen molar-refractivity contribution in [3.05, 3.63) is 95.8 Å². The third-order valence-electron chi connectivity index (χ3n) is 10.1. The van der Waals surface area contributed by atoms with Gasteiger partial charge in [0, 0.05) is 67.5 Å². The molecule has 16 nitrogen and oxygen atoms in total. The average Bonchev–Trinajstić information content (AvgIpc) is 3.43. The van der Waals surface area contributed by atoms with Gasteiger partial charge in [0.1, 0.15) is 6.54 Å². The minimum atomic E-state index is -4.50. The molecule has 58 heavy (non-hydrogen) atoms. The lowest BCUT2D eigenvalue weighted by Crippen LogP contribution is -2.29. The van der Waals surface area contributed by atoms with Crippen LogP contribution in [0.2, 0.25) is 0 Å². The quantitative estimate of drug-likeness (QED) is 0.0849. The number of sulfonamides is 1. The first-order chi connectivity index (χ1) is 26.7. The van der Waals surface area contributed by atoms with Crippen LogP contribution in [0.4, 0.5) is 11.4 Å². The first kappa shape index (κ1) is 46.7. The molecule has 4 rings (SSSR count). The van der Waals surface area contributed by atoms with Gasteiger partial charge >= 0.3 is 5.97 Å². The number of nitrogens with zero attached hydrogens (tertiary/aromatic N) is 3. The molecule has 0 aliphatic carbocycles. The summed E-state index contributed by atoms with van der Waals surface area (Å²) < 4.78 is 128. The number of aliphatic carboxylic acids is 1. The molecule has 2 heterocycles. The smallest absolute Gasteiger partial charge is 0.303 e. The second-order valence-corrected chi connectivity index (χ2v) is 21.7. The molecule has 0 radical (unpaired) electrons. The lowest BCUT2D eigenvalue weighted by Gasteiger charge is -2.27. The first-order valence-corrected chi connectivity index (χ1v) is 24.3. The van der Waals surface area contributed by atoms with E-state index in [0.29, 0.717) is 28.2 Å². The largest absolute Gasteiger partial charge is 0.481 e. The standard InChI is InChI=1S/C38H49N3O13S4/c1-37(2)30-26-28(57(50,51)39(5)21-11-16-36(42)43)17-19-32(30)40(22-12-24-55(44,45)46)34(37)14-9-7-6-8-10-15-35-38(3,4)31-27-29(58(52,53)54)18-20-33(31)41(35)23-13-25-56(47,48)49/h6-10,14-15,17-20,26-27H,11-13,16,21-25H2,1-5H3,(H3-,42,43,44,45,46,47,48,49,52,53,54)/p+1. The van der Waals surface area contributed by atoms with Gasteiger partial charge in [0.05, 0.1) is 26.7 Å². The van der Waals surface area contributed by atoms with E-state index >= 15 is 0 Å². The summed E-state index contributed by atoms with van der Waals surface area (Å²) in [6.45, 7) is 7.92. The molecule has 2 aromatic rings. The van der Waals surface area contributed by atoms with Crippen molar-refractivity contribution in [2.24, 2.45) is 0 Å². The monoisotopic (exact) mass is 884 g/mol. The number of hydrogen-bond donors (Lipinski definition) is 4. The van der Waals surface area contributed by atoms with Gasteiger partial charge in [0.25, 0.3) is 30.4 Å². The maximum absolute atomic E-state index is 13.5. The Hall–Kier alpha value is -4.02. The van der Waals surface area contributed by atoms with E-state index in [2.05, 4.69) is 0 Å². The highest BCUT2D eigenvalue weighted by Crippen LogP contribution is 2.48. The van der Waals surface area contributed by atoms with Gasteiger partial charge in [-0.15, -0.1) is 0 Å². The molecule has 0 amide bonds. The number of fused-ring (bicyclic) bond motifs is 2. The molecule has 318 valence electrons. The van der Waals surface area contributed by atoms with Gasteiger partial charge < -0.3 is 10.0 Å². The Labute approximate surface area is 340 Å². The molecule has 2 aromatic carbocycles. The van der Waals surface area contributed by atoms with Gasteiger partial charge in [-0.3, -0.25) is 18.5 Å². The van der Waals surface area contributed by atoms with E-state index in [-0.39, 0.29) is 55.1 Å². The molecule has 2 aliphatic heterocycles. The van der Waals surface area contributed by atoms with Gasteiger partial charge in [0.15, 0.2) is 5.71 Å². The van der Waals surface area contributed by atoms with E-state index in [1.54, 1.807) is 54.7 Å². The molecule has 0 unspecified atom stereocenters. The molecule has 0 saturated heterocycles. The lowest BCUT2D eigenvalue weighted by atomic mass is 9.81. The number of rotatable bonds is 19. The van der Waals surface area contributed by atoms with Crippen molar-refractivity contribution in [2.75, 3.05) is 43.1 Å². The number of hydrogen-bond acceptors (Lipinski definition) is 10. The Morgan fingerprint density at radius 2 is 1.34 bits per heavy atom. The SMILES string of the molecule is CN(CCCC(=O)O)S(=O)(=O)c1ccc2c(c1)C(C)(C)C(C=CC=CC=CC=C1N(CCCS(=O)(=O)O)c3ccc(S(=O)(=O)O)cc3C1(C)C)=[N+]2CCCS(=O)(=O)O. The molecule has 0 bridgehead atoms. The van der Waals surface area contributed by atoms with Crippen LogP contribution >= 0.6 is 0 Å². The van der Waals surface area contributed by atoms with Crippen molar-refractivity contribution in [3.8, 4) is 0 Å². The van der Waals surface area contributed by atoms with E-state index in [0.717, 1.165) is 10.0 Å². The van der Waals surface area contributed by atoms with E-state index in [4.69, 9.17) is 5.11 Å².